The summed E-state index contributed by atoms with van der Waals surface area (Å²) in [7, 11) is 1.94. The number of hydrogen-bond acceptors (Lipinski definition) is 6. The summed E-state index contributed by atoms with van der Waals surface area (Å²) in [4.78, 5) is 6.85. The van der Waals surface area contributed by atoms with Crippen LogP contribution in [0.2, 0.25) is 0 Å². The lowest BCUT2D eigenvalue weighted by molar-refractivity contribution is 0.293. The number of nitrogens with zero attached hydrogens (tertiary/aromatic N) is 5. The Morgan fingerprint density at radius 1 is 1.23 bits per heavy atom. The molecule has 1 aromatic carbocycles. The summed E-state index contributed by atoms with van der Waals surface area (Å²) in [5.74, 6) is 2.77. The molecule has 2 aromatic heterocycles. The molecule has 0 spiro atoms. The molecule has 2 fully saturated rings. The van der Waals surface area contributed by atoms with Crippen LogP contribution in [0.25, 0.3) is 11.4 Å². The first kappa shape index (κ1) is 15.6. The van der Waals surface area contributed by atoms with E-state index in [0.717, 1.165) is 43.1 Å². The Labute approximate surface area is 151 Å². The number of aromatic nitrogens is 4. The highest BCUT2D eigenvalue weighted by atomic mass is 16.5. The quantitative estimate of drug-likeness (QED) is 0.610. The van der Waals surface area contributed by atoms with Gasteiger partial charge in [0.15, 0.2) is 0 Å². The van der Waals surface area contributed by atoms with Gasteiger partial charge in [-0.2, -0.15) is 10.1 Å². The summed E-state index contributed by atoms with van der Waals surface area (Å²) in [5, 5.41) is 8.28. The van der Waals surface area contributed by atoms with E-state index in [0.29, 0.717) is 24.4 Å². The van der Waals surface area contributed by atoms with E-state index in [1.54, 1.807) is 0 Å². The summed E-state index contributed by atoms with van der Waals surface area (Å²) < 4.78 is 13.1. The highest BCUT2D eigenvalue weighted by Crippen LogP contribution is 2.39. The van der Waals surface area contributed by atoms with Gasteiger partial charge in [-0.25, -0.2) is 0 Å². The van der Waals surface area contributed by atoms with E-state index < -0.39 is 0 Å². The molecular formula is C19H21N5O2. The molecular weight excluding hydrogens is 330 g/mol. The van der Waals surface area contributed by atoms with E-state index in [4.69, 9.17) is 9.26 Å². The highest BCUT2D eigenvalue weighted by Gasteiger charge is 2.34. The van der Waals surface area contributed by atoms with E-state index in [2.05, 4.69) is 26.3 Å². The van der Waals surface area contributed by atoms with Gasteiger partial charge >= 0.3 is 0 Å². The molecule has 1 aliphatic heterocycles. The van der Waals surface area contributed by atoms with Crippen molar-refractivity contribution in [3.05, 3.63) is 48.1 Å². The van der Waals surface area contributed by atoms with Gasteiger partial charge < -0.3 is 9.26 Å². The van der Waals surface area contributed by atoms with Gasteiger partial charge in [-0.3, -0.25) is 9.58 Å². The SMILES string of the molecule is Cn1cc(CN2CC2COc2ccc(-c3noc(C4CC4)n3)cc2)cn1. The number of rotatable bonds is 7. The molecule has 2 atom stereocenters. The third kappa shape index (κ3) is 3.35. The second kappa shape index (κ2) is 6.25. The van der Waals surface area contributed by atoms with Crippen molar-refractivity contribution in [1.82, 2.24) is 24.8 Å². The molecule has 134 valence electrons. The van der Waals surface area contributed by atoms with Crippen LogP contribution in [0.5, 0.6) is 5.75 Å². The lowest BCUT2D eigenvalue weighted by Gasteiger charge is -2.06. The maximum absolute atomic E-state index is 5.92. The van der Waals surface area contributed by atoms with E-state index >= 15 is 0 Å². The molecule has 1 saturated heterocycles. The largest absolute Gasteiger partial charge is 0.492 e. The van der Waals surface area contributed by atoms with Gasteiger partial charge in [-0.1, -0.05) is 5.16 Å². The lowest BCUT2D eigenvalue weighted by Crippen LogP contribution is -2.10. The zero-order chi connectivity index (χ0) is 17.5. The molecule has 3 aromatic rings. The number of aryl methyl sites for hydroxylation is 1. The van der Waals surface area contributed by atoms with Crippen molar-refractivity contribution < 1.29 is 9.26 Å². The molecule has 26 heavy (non-hydrogen) atoms. The second-order valence-electron chi connectivity index (χ2n) is 7.17. The van der Waals surface area contributed by atoms with Gasteiger partial charge in [0.1, 0.15) is 12.4 Å². The molecule has 0 bridgehead atoms. The van der Waals surface area contributed by atoms with Crippen LogP contribution >= 0.6 is 0 Å². The number of hydrogen-bond donors (Lipinski definition) is 0. The lowest BCUT2D eigenvalue weighted by atomic mass is 10.2. The van der Waals surface area contributed by atoms with Crippen molar-refractivity contribution in [2.45, 2.75) is 31.3 Å². The molecule has 5 rings (SSSR count). The van der Waals surface area contributed by atoms with Gasteiger partial charge in [0.25, 0.3) is 0 Å². The van der Waals surface area contributed by atoms with Crippen molar-refractivity contribution in [3.63, 3.8) is 0 Å². The monoisotopic (exact) mass is 351 g/mol. The van der Waals surface area contributed by atoms with E-state index in [1.807, 2.05) is 42.2 Å². The van der Waals surface area contributed by atoms with Gasteiger partial charge in [0.2, 0.25) is 11.7 Å². The van der Waals surface area contributed by atoms with Crippen LogP contribution in [-0.2, 0) is 13.6 Å². The Morgan fingerprint density at radius 2 is 2.08 bits per heavy atom. The number of benzene rings is 1. The minimum Gasteiger partial charge on any atom is -0.492 e. The fraction of sp³-hybridized carbons (Fsp3) is 0.421. The molecule has 1 aliphatic carbocycles. The van der Waals surface area contributed by atoms with Crippen LogP contribution in [0, 0.1) is 0 Å². The maximum atomic E-state index is 5.92. The standard InChI is InChI=1S/C19H21N5O2/c1-23-9-13(8-20-23)10-24-11-16(24)12-25-17-6-4-14(5-7-17)18-21-19(26-22-18)15-2-3-15/h4-9,15-16H,2-3,10-12H2,1H3. The average molecular weight is 351 g/mol. The Kier molecular flexibility index (Phi) is 3.74. The third-order valence-corrected chi connectivity index (χ3v) is 4.90. The van der Waals surface area contributed by atoms with Crippen LogP contribution in [0.3, 0.4) is 0 Å². The summed E-state index contributed by atoms with van der Waals surface area (Å²) in [6.07, 6.45) is 6.30. The van der Waals surface area contributed by atoms with Crippen LogP contribution in [0.15, 0.2) is 41.2 Å². The van der Waals surface area contributed by atoms with Gasteiger partial charge in [-0.05, 0) is 37.1 Å². The molecule has 7 nitrogen and oxygen atoms in total. The summed E-state index contributed by atoms with van der Waals surface area (Å²) in [5.41, 5.74) is 2.20. The van der Waals surface area contributed by atoms with E-state index in [-0.39, 0.29) is 0 Å². The first-order valence-electron chi connectivity index (χ1n) is 9.03. The third-order valence-electron chi connectivity index (χ3n) is 4.90. The topological polar surface area (TPSA) is 69.0 Å². The molecule has 0 radical (unpaired) electrons. The van der Waals surface area contributed by atoms with Gasteiger partial charge in [-0.15, -0.1) is 0 Å². The first-order valence-corrected chi connectivity index (χ1v) is 9.03. The molecule has 7 heteroatoms. The van der Waals surface area contributed by atoms with Crippen LogP contribution in [0.1, 0.15) is 30.2 Å². The predicted octanol–water partition coefficient (Wildman–Crippen LogP) is 2.61. The first-order chi connectivity index (χ1) is 12.7. The van der Waals surface area contributed by atoms with Crippen LogP contribution < -0.4 is 4.74 Å². The minimum atomic E-state index is 0.479. The van der Waals surface area contributed by atoms with Crippen molar-refractivity contribution in [1.29, 1.82) is 0 Å². The summed E-state index contributed by atoms with van der Waals surface area (Å²) in [6, 6.07) is 8.38. The van der Waals surface area contributed by atoms with Gasteiger partial charge in [0.05, 0.1) is 12.2 Å². The van der Waals surface area contributed by atoms with E-state index in [1.165, 1.54) is 5.56 Å². The fourth-order valence-corrected chi connectivity index (χ4v) is 3.10. The fourth-order valence-electron chi connectivity index (χ4n) is 3.10. The normalized spacial score (nSPS) is 21.7. The van der Waals surface area contributed by atoms with Crippen LogP contribution in [-0.4, -0.2) is 44.0 Å². The zero-order valence-corrected chi connectivity index (χ0v) is 14.7. The Bertz CT molecular complexity index is 897. The summed E-state index contributed by atoms with van der Waals surface area (Å²) in [6.45, 7) is 2.70. The molecule has 1 saturated carbocycles. The van der Waals surface area contributed by atoms with Crippen molar-refractivity contribution in [2.24, 2.45) is 7.05 Å². The molecule has 2 aliphatic rings. The van der Waals surface area contributed by atoms with E-state index in [9.17, 15) is 0 Å². The molecule has 0 amide bonds. The zero-order valence-electron chi connectivity index (χ0n) is 14.7. The Morgan fingerprint density at radius 3 is 2.81 bits per heavy atom. The minimum absolute atomic E-state index is 0.479. The predicted molar refractivity (Wildman–Crippen MR) is 94.6 cm³/mol. The molecule has 0 N–H and O–H groups in total. The summed E-state index contributed by atoms with van der Waals surface area (Å²) >= 11 is 0. The molecule has 3 heterocycles. The van der Waals surface area contributed by atoms with Crippen LogP contribution in [0.4, 0.5) is 0 Å². The maximum Gasteiger partial charge on any atom is 0.230 e. The average Bonchev–Trinajstić information content (AvgIpc) is 3.54. The number of ether oxygens (including phenoxy) is 1. The highest BCUT2D eigenvalue weighted by molar-refractivity contribution is 5.55. The van der Waals surface area contributed by atoms with Crippen molar-refractivity contribution >= 4 is 0 Å². The van der Waals surface area contributed by atoms with Crippen molar-refractivity contribution in [2.75, 3.05) is 13.2 Å². The smallest absolute Gasteiger partial charge is 0.230 e. The Hall–Kier alpha value is -2.67. The molecule has 2 unspecified atom stereocenters. The second-order valence-corrected chi connectivity index (χ2v) is 7.17. The van der Waals surface area contributed by atoms with Crippen molar-refractivity contribution in [3.8, 4) is 17.1 Å². The van der Waals surface area contributed by atoms with Gasteiger partial charge in [0, 0.05) is 43.4 Å². The Balaban J connectivity index is 1.13.